The number of carbonyl (C=O) groups excluding carboxylic acids is 1. The molecule has 0 aliphatic carbocycles. The fraction of sp³-hybridized carbons (Fsp3) is 0.389. The van der Waals surface area contributed by atoms with E-state index in [1.54, 1.807) is 11.3 Å². The maximum Gasteiger partial charge on any atom is 0.223 e. The Kier molecular flexibility index (Phi) is 5.43. The zero-order valence-corrected chi connectivity index (χ0v) is 13.7. The average molecular weight is 331 g/mol. The highest BCUT2D eigenvalue weighted by Gasteiger charge is 2.22. The van der Waals surface area contributed by atoms with Gasteiger partial charge in [0.25, 0.3) is 0 Å². The van der Waals surface area contributed by atoms with Crippen molar-refractivity contribution in [2.45, 2.75) is 18.9 Å². The molecular formula is C18H21NO3S. The van der Waals surface area contributed by atoms with Gasteiger partial charge in [-0.25, -0.2) is 0 Å². The molecule has 1 aromatic heterocycles. The van der Waals surface area contributed by atoms with Gasteiger partial charge in [0.05, 0.1) is 6.10 Å². The fourth-order valence-electron chi connectivity index (χ4n) is 2.73. The first-order valence-electron chi connectivity index (χ1n) is 7.91. The number of aliphatic hydroxyl groups is 1. The minimum Gasteiger partial charge on any atom is -0.387 e. The van der Waals surface area contributed by atoms with Crippen LogP contribution in [-0.2, 0) is 9.53 Å². The van der Waals surface area contributed by atoms with Crippen molar-refractivity contribution >= 4 is 17.2 Å². The maximum absolute atomic E-state index is 12.1. The fourth-order valence-corrected chi connectivity index (χ4v) is 3.46. The van der Waals surface area contributed by atoms with E-state index in [-0.39, 0.29) is 18.4 Å². The van der Waals surface area contributed by atoms with Gasteiger partial charge in [-0.05, 0) is 35.4 Å². The third-order valence-corrected chi connectivity index (χ3v) is 5.08. The van der Waals surface area contributed by atoms with Crippen molar-refractivity contribution < 1.29 is 14.6 Å². The highest BCUT2D eigenvalue weighted by Crippen LogP contribution is 2.26. The van der Waals surface area contributed by atoms with Crippen LogP contribution in [-0.4, -0.2) is 30.8 Å². The first-order valence-corrected chi connectivity index (χ1v) is 8.79. The normalized spacial score (nSPS) is 16.9. The Bertz CT molecular complexity index is 618. The summed E-state index contributed by atoms with van der Waals surface area (Å²) in [4.78, 5) is 13.3. The Balaban J connectivity index is 1.53. The number of ether oxygens (including phenoxy) is 1. The summed E-state index contributed by atoms with van der Waals surface area (Å²) in [5.41, 5.74) is 1.96. The van der Waals surface area contributed by atoms with Crippen molar-refractivity contribution in [1.82, 2.24) is 5.32 Å². The van der Waals surface area contributed by atoms with Crippen LogP contribution < -0.4 is 5.32 Å². The number of hydrogen-bond donors (Lipinski definition) is 2. The zero-order chi connectivity index (χ0) is 16.1. The standard InChI is InChI=1S/C18H21NO3S/c20-16(12-19-18(21)15-7-9-22-10-8-15)13-3-5-14(6-4-13)17-2-1-11-23-17/h1-6,11,15-16,20H,7-10,12H2,(H,19,21). The minimum atomic E-state index is -0.684. The molecule has 0 spiro atoms. The Morgan fingerprint density at radius 3 is 2.65 bits per heavy atom. The van der Waals surface area contributed by atoms with E-state index in [2.05, 4.69) is 11.4 Å². The van der Waals surface area contributed by atoms with Gasteiger partial charge in [0, 0.05) is 30.6 Å². The molecule has 0 saturated carbocycles. The third-order valence-electron chi connectivity index (χ3n) is 4.16. The molecule has 1 aliphatic rings. The minimum absolute atomic E-state index is 0.0113. The van der Waals surface area contributed by atoms with Gasteiger partial charge < -0.3 is 15.2 Å². The summed E-state index contributed by atoms with van der Waals surface area (Å²) >= 11 is 1.69. The Morgan fingerprint density at radius 1 is 1.26 bits per heavy atom. The van der Waals surface area contributed by atoms with Crippen molar-refractivity contribution in [3.8, 4) is 10.4 Å². The quantitative estimate of drug-likeness (QED) is 0.885. The van der Waals surface area contributed by atoms with Crippen LogP contribution in [0.4, 0.5) is 0 Å². The molecule has 1 unspecified atom stereocenters. The molecule has 5 heteroatoms. The molecule has 2 heterocycles. The van der Waals surface area contributed by atoms with E-state index in [4.69, 9.17) is 4.74 Å². The van der Waals surface area contributed by atoms with Crippen molar-refractivity contribution in [2.75, 3.05) is 19.8 Å². The Morgan fingerprint density at radius 2 is 2.00 bits per heavy atom. The number of aliphatic hydroxyl groups excluding tert-OH is 1. The van der Waals surface area contributed by atoms with Gasteiger partial charge in [0.1, 0.15) is 0 Å². The molecule has 3 rings (SSSR count). The van der Waals surface area contributed by atoms with Gasteiger partial charge in [-0.3, -0.25) is 4.79 Å². The number of nitrogens with one attached hydrogen (secondary N) is 1. The van der Waals surface area contributed by atoms with E-state index in [1.807, 2.05) is 35.7 Å². The predicted octanol–water partition coefficient (Wildman–Crippen LogP) is 2.99. The number of hydrogen-bond acceptors (Lipinski definition) is 4. The van der Waals surface area contributed by atoms with E-state index >= 15 is 0 Å². The lowest BCUT2D eigenvalue weighted by molar-refractivity contribution is -0.128. The van der Waals surface area contributed by atoms with E-state index in [0.29, 0.717) is 13.2 Å². The lowest BCUT2D eigenvalue weighted by Crippen LogP contribution is -2.36. The summed E-state index contributed by atoms with van der Waals surface area (Å²) in [6.45, 7) is 1.53. The monoisotopic (exact) mass is 331 g/mol. The molecule has 0 radical (unpaired) electrons. The van der Waals surface area contributed by atoms with Crippen LogP contribution in [0.3, 0.4) is 0 Å². The number of carbonyl (C=O) groups is 1. The highest BCUT2D eigenvalue weighted by atomic mass is 32.1. The first-order chi connectivity index (χ1) is 11.2. The molecule has 4 nitrogen and oxygen atoms in total. The van der Waals surface area contributed by atoms with Gasteiger partial charge in [0.15, 0.2) is 0 Å². The molecule has 0 bridgehead atoms. The lowest BCUT2D eigenvalue weighted by Gasteiger charge is -2.22. The highest BCUT2D eigenvalue weighted by molar-refractivity contribution is 7.13. The molecular weight excluding hydrogens is 310 g/mol. The van der Waals surface area contributed by atoms with Gasteiger partial charge in [-0.2, -0.15) is 0 Å². The molecule has 1 amide bonds. The Labute approximate surface area is 140 Å². The molecule has 1 atom stereocenters. The second-order valence-electron chi connectivity index (χ2n) is 5.75. The Hall–Kier alpha value is -1.69. The third kappa shape index (κ3) is 4.19. The molecule has 23 heavy (non-hydrogen) atoms. The van der Waals surface area contributed by atoms with Crippen LogP contribution in [0.2, 0.25) is 0 Å². The molecule has 1 aromatic carbocycles. The summed E-state index contributed by atoms with van der Waals surface area (Å²) < 4.78 is 5.26. The van der Waals surface area contributed by atoms with Crippen molar-refractivity contribution in [3.63, 3.8) is 0 Å². The topological polar surface area (TPSA) is 58.6 Å². The van der Waals surface area contributed by atoms with Gasteiger partial charge >= 0.3 is 0 Å². The van der Waals surface area contributed by atoms with Gasteiger partial charge in [0.2, 0.25) is 5.91 Å². The van der Waals surface area contributed by atoms with Crippen molar-refractivity contribution in [2.24, 2.45) is 5.92 Å². The van der Waals surface area contributed by atoms with Gasteiger partial charge in [-0.1, -0.05) is 30.3 Å². The van der Waals surface area contributed by atoms with E-state index in [0.717, 1.165) is 24.0 Å². The van der Waals surface area contributed by atoms with Crippen molar-refractivity contribution in [3.05, 3.63) is 47.3 Å². The predicted molar refractivity (Wildman–Crippen MR) is 91.3 cm³/mol. The SMILES string of the molecule is O=C(NCC(O)c1ccc(-c2cccs2)cc1)C1CCOCC1. The second-order valence-corrected chi connectivity index (χ2v) is 6.69. The molecule has 2 N–H and O–H groups in total. The van der Waals surface area contributed by atoms with Crippen LogP contribution in [0.5, 0.6) is 0 Å². The van der Waals surface area contributed by atoms with Crippen LogP contribution in [0, 0.1) is 5.92 Å². The summed E-state index contributed by atoms with van der Waals surface area (Å²) in [6.07, 6.45) is 0.839. The summed E-state index contributed by atoms with van der Waals surface area (Å²) in [7, 11) is 0. The zero-order valence-electron chi connectivity index (χ0n) is 12.9. The van der Waals surface area contributed by atoms with E-state index in [9.17, 15) is 9.90 Å². The van der Waals surface area contributed by atoms with Crippen LogP contribution >= 0.6 is 11.3 Å². The molecule has 2 aromatic rings. The van der Waals surface area contributed by atoms with Crippen LogP contribution in [0.25, 0.3) is 10.4 Å². The van der Waals surface area contributed by atoms with Crippen LogP contribution in [0.15, 0.2) is 41.8 Å². The summed E-state index contributed by atoms with van der Waals surface area (Å²) in [6, 6.07) is 11.9. The lowest BCUT2D eigenvalue weighted by atomic mass is 9.99. The molecule has 122 valence electrons. The number of benzene rings is 1. The molecule has 1 fully saturated rings. The first kappa shape index (κ1) is 16.2. The van der Waals surface area contributed by atoms with E-state index < -0.39 is 6.10 Å². The summed E-state index contributed by atoms with van der Waals surface area (Å²) in [5, 5.41) is 15.1. The van der Waals surface area contributed by atoms with E-state index in [1.165, 1.54) is 4.88 Å². The largest absolute Gasteiger partial charge is 0.387 e. The number of rotatable bonds is 5. The van der Waals surface area contributed by atoms with Crippen molar-refractivity contribution in [1.29, 1.82) is 0 Å². The second kappa shape index (κ2) is 7.73. The number of thiophene rings is 1. The molecule has 1 saturated heterocycles. The summed E-state index contributed by atoms with van der Waals surface area (Å²) in [5.74, 6) is 0.0275. The smallest absolute Gasteiger partial charge is 0.223 e. The average Bonchev–Trinajstić information content (AvgIpc) is 3.15. The number of amides is 1. The van der Waals surface area contributed by atoms with Gasteiger partial charge in [-0.15, -0.1) is 11.3 Å². The molecule has 1 aliphatic heterocycles. The maximum atomic E-state index is 12.1. The van der Waals surface area contributed by atoms with Crippen LogP contribution in [0.1, 0.15) is 24.5 Å².